The number of thiophene rings is 1. The molecule has 1 aliphatic heterocycles. The summed E-state index contributed by atoms with van der Waals surface area (Å²) in [4.78, 5) is 15.1. The van der Waals surface area contributed by atoms with Crippen LogP contribution in [0.15, 0.2) is 6.07 Å². The Bertz CT molecular complexity index is 450. The zero-order valence-electron chi connectivity index (χ0n) is 11.4. The molecule has 2 heterocycles. The lowest BCUT2D eigenvalue weighted by Crippen LogP contribution is -2.39. The fourth-order valence-electron chi connectivity index (χ4n) is 1.97. The Morgan fingerprint density at radius 1 is 1.50 bits per heavy atom. The number of amides is 1. The summed E-state index contributed by atoms with van der Waals surface area (Å²) in [7, 11) is 2.11. The highest BCUT2D eigenvalue weighted by atomic mass is 32.1. The molecule has 0 bridgehead atoms. The smallest absolute Gasteiger partial charge is 0.410 e. The fraction of sp³-hybridized carbons (Fsp3) is 0.615. The first kappa shape index (κ1) is 13.5. The van der Waals surface area contributed by atoms with Crippen LogP contribution >= 0.6 is 11.3 Å². The van der Waals surface area contributed by atoms with E-state index in [0.29, 0.717) is 6.54 Å². The van der Waals surface area contributed by atoms with E-state index in [9.17, 15) is 4.79 Å². The van der Waals surface area contributed by atoms with Gasteiger partial charge < -0.3 is 9.64 Å². The van der Waals surface area contributed by atoms with Crippen LogP contribution in [0.2, 0.25) is 6.82 Å². The van der Waals surface area contributed by atoms with Gasteiger partial charge in [0, 0.05) is 11.4 Å². The Morgan fingerprint density at radius 3 is 2.83 bits per heavy atom. The molecule has 1 aromatic rings. The van der Waals surface area contributed by atoms with Crippen molar-refractivity contribution in [2.24, 2.45) is 0 Å². The minimum atomic E-state index is -0.421. The molecule has 97 valence electrons. The molecule has 3 nitrogen and oxygen atoms in total. The van der Waals surface area contributed by atoms with Crippen LogP contribution in [0, 0.1) is 0 Å². The van der Waals surface area contributed by atoms with Crippen LogP contribution in [0.3, 0.4) is 0 Å². The van der Waals surface area contributed by atoms with Gasteiger partial charge in [0.05, 0.1) is 6.54 Å². The van der Waals surface area contributed by atoms with Gasteiger partial charge in [-0.1, -0.05) is 12.9 Å². The highest BCUT2D eigenvalue weighted by molar-refractivity contribution is 7.21. The lowest BCUT2D eigenvalue weighted by atomic mass is 9.80. The van der Waals surface area contributed by atoms with Crippen molar-refractivity contribution < 1.29 is 9.53 Å². The summed E-state index contributed by atoms with van der Waals surface area (Å²) in [5, 5.41) is 0. The van der Waals surface area contributed by atoms with Crippen LogP contribution in [-0.4, -0.2) is 30.4 Å². The maximum atomic E-state index is 12.0. The molecule has 0 fully saturated rings. The van der Waals surface area contributed by atoms with Crippen molar-refractivity contribution in [1.29, 1.82) is 0 Å². The molecular formula is C13H19BNO2S. The third-order valence-electron chi connectivity index (χ3n) is 2.84. The predicted molar refractivity (Wildman–Crippen MR) is 75.9 cm³/mol. The minimum absolute atomic E-state index is 0.205. The Hall–Kier alpha value is -0.965. The Balaban J connectivity index is 2.05. The molecular weight excluding hydrogens is 245 g/mol. The number of hydrogen-bond acceptors (Lipinski definition) is 3. The number of hydrogen-bond donors (Lipinski definition) is 0. The molecule has 0 unspecified atom stereocenters. The highest BCUT2D eigenvalue weighted by Crippen LogP contribution is 2.24. The Kier molecular flexibility index (Phi) is 3.71. The Labute approximate surface area is 113 Å². The van der Waals surface area contributed by atoms with Crippen molar-refractivity contribution in [2.75, 3.05) is 6.54 Å². The molecule has 1 aromatic heterocycles. The van der Waals surface area contributed by atoms with Crippen LogP contribution in [0.5, 0.6) is 0 Å². The maximum Gasteiger partial charge on any atom is 0.410 e. The van der Waals surface area contributed by atoms with Crippen LogP contribution in [0.4, 0.5) is 4.79 Å². The van der Waals surface area contributed by atoms with Gasteiger partial charge in [-0.3, -0.25) is 0 Å². The molecule has 1 aliphatic rings. The second-order valence-corrected chi connectivity index (χ2v) is 6.71. The van der Waals surface area contributed by atoms with E-state index in [-0.39, 0.29) is 6.09 Å². The molecule has 0 atom stereocenters. The molecule has 0 saturated heterocycles. The molecule has 18 heavy (non-hydrogen) atoms. The fourth-order valence-corrected chi connectivity index (χ4v) is 3.08. The number of fused-ring (bicyclic) bond motifs is 1. The van der Waals surface area contributed by atoms with Gasteiger partial charge in [-0.2, -0.15) is 11.3 Å². The number of carbonyl (C=O) groups excluding carboxylic acids is 1. The van der Waals surface area contributed by atoms with Crippen LogP contribution in [0.1, 0.15) is 31.2 Å². The van der Waals surface area contributed by atoms with Crippen LogP contribution in [0.25, 0.3) is 0 Å². The Morgan fingerprint density at radius 2 is 2.22 bits per heavy atom. The first-order valence-electron chi connectivity index (χ1n) is 6.28. The average Bonchev–Trinajstić information content (AvgIpc) is 2.68. The molecule has 1 radical (unpaired) electrons. The zero-order valence-corrected chi connectivity index (χ0v) is 12.3. The van der Waals surface area contributed by atoms with Crippen LogP contribution in [-0.2, 0) is 17.7 Å². The minimum Gasteiger partial charge on any atom is -0.444 e. The topological polar surface area (TPSA) is 29.5 Å². The van der Waals surface area contributed by atoms with Crippen molar-refractivity contribution in [1.82, 2.24) is 4.90 Å². The highest BCUT2D eigenvalue weighted by Gasteiger charge is 2.26. The van der Waals surface area contributed by atoms with Crippen LogP contribution < -0.4 is 4.78 Å². The number of ether oxygens (including phenoxy) is 1. The predicted octanol–water partition coefficient (Wildman–Crippen LogP) is 2.42. The molecule has 0 saturated carbocycles. The summed E-state index contributed by atoms with van der Waals surface area (Å²) < 4.78 is 6.69. The third kappa shape index (κ3) is 3.07. The average molecular weight is 264 g/mol. The summed E-state index contributed by atoms with van der Waals surface area (Å²) in [5.41, 5.74) is 0.961. The van der Waals surface area contributed by atoms with Crippen molar-refractivity contribution in [3.05, 3.63) is 16.5 Å². The molecule has 0 aromatic carbocycles. The van der Waals surface area contributed by atoms with Gasteiger partial charge in [0.15, 0.2) is 7.28 Å². The molecule has 0 aliphatic carbocycles. The molecule has 5 heteroatoms. The lowest BCUT2D eigenvalue weighted by molar-refractivity contribution is 0.0226. The summed E-state index contributed by atoms with van der Waals surface area (Å²) >= 11 is 1.77. The summed E-state index contributed by atoms with van der Waals surface area (Å²) in [6, 6.07) is 2.23. The van der Waals surface area contributed by atoms with Crippen molar-refractivity contribution in [2.45, 2.75) is 46.2 Å². The summed E-state index contributed by atoms with van der Waals surface area (Å²) in [6.45, 7) is 9.17. The quantitative estimate of drug-likeness (QED) is 0.729. The van der Waals surface area contributed by atoms with E-state index in [1.54, 1.807) is 16.2 Å². The van der Waals surface area contributed by atoms with E-state index in [1.807, 2.05) is 27.6 Å². The number of rotatable bonds is 1. The monoisotopic (exact) mass is 264 g/mol. The van der Waals surface area contributed by atoms with Gasteiger partial charge in [0.1, 0.15) is 5.60 Å². The van der Waals surface area contributed by atoms with Gasteiger partial charge in [-0.05, 0) is 37.5 Å². The van der Waals surface area contributed by atoms with Gasteiger partial charge >= 0.3 is 6.09 Å². The van der Waals surface area contributed by atoms with Gasteiger partial charge in [-0.15, -0.1) is 0 Å². The largest absolute Gasteiger partial charge is 0.444 e. The van der Waals surface area contributed by atoms with E-state index in [0.717, 1.165) is 13.0 Å². The molecule has 1 amide bonds. The normalized spacial score (nSPS) is 15.2. The van der Waals surface area contributed by atoms with Crippen molar-refractivity contribution in [3.63, 3.8) is 0 Å². The number of nitrogens with zero attached hydrogens (tertiary/aromatic N) is 1. The number of carbonyl (C=O) groups is 1. The first-order chi connectivity index (χ1) is 8.39. The molecule has 0 N–H and O–H groups in total. The molecule has 0 spiro atoms. The second kappa shape index (κ2) is 4.96. The molecule has 2 rings (SSSR count). The standard InChI is InChI=1S/C13H19BNO2S/c1-13(2,3)17-12(16)15-6-5-9-7-11(14-4)18-10(9)8-15/h7H,5-6,8H2,1-4H3. The van der Waals surface area contributed by atoms with E-state index >= 15 is 0 Å². The van der Waals surface area contributed by atoms with Crippen molar-refractivity contribution in [3.8, 4) is 0 Å². The van der Waals surface area contributed by atoms with Gasteiger partial charge in [-0.25, -0.2) is 4.79 Å². The van der Waals surface area contributed by atoms with E-state index in [1.165, 1.54) is 15.2 Å². The van der Waals surface area contributed by atoms with Crippen molar-refractivity contribution >= 4 is 29.5 Å². The third-order valence-corrected chi connectivity index (χ3v) is 4.06. The lowest BCUT2D eigenvalue weighted by Gasteiger charge is -2.29. The summed E-state index contributed by atoms with van der Waals surface area (Å²) in [6.07, 6.45) is 0.724. The SMILES string of the molecule is C[B]c1cc2c(s1)CN(C(=O)OC(C)(C)C)CC2. The zero-order chi connectivity index (χ0) is 13.3. The second-order valence-electron chi connectivity index (χ2n) is 5.54. The van der Waals surface area contributed by atoms with Gasteiger partial charge in [0.2, 0.25) is 0 Å². The van der Waals surface area contributed by atoms with E-state index in [2.05, 4.69) is 13.3 Å². The van der Waals surface area contributed by atoms with Gasteiger partial charge in [0.25, 0.3) is 0 Å². The maximum absolute atomic E-state index is 12.0. The van der Waals surface area contributed by atoms with E-state index in [4.69, 9.17) is 4.74 Å². The first-order valence-corrected chi connectivity index (χ1v) is 7.09. The van der Waals surface area contributed by atoms with E-state index < -0.39 is 5.60 Å². The summed E-state index contributed by atoms with van der Waals surface area (Å²) in [5.74, 6) is 0.